The SMILES string of the molecule is NC(=O)c1ccccc1NC(=O)c1ccc(Br)cc1. The van der Waals surface area contributed by atoms with E-state index in [1.165, 1.54) is 0 Å². The molecule has 4 nitrogen and oxygen atoms in total. The predicted octanol–water partition coefficient (Wildman–Crippen LogP) is 2.80. The van der Waals surface area contributed by atoms with Gasteiger partial charge in [-0.25, -0.2) is 0 Å². The molecule has 0 aromatic heterocycles. The van der Waals surface area contributed by atoms with Crippen LogP contribution in [0.25, 0.3) is 0 Å². The van der Waals surface area contributed by atoms with Gasteiger partial charge in [-0.1, -0.05) is 28.1 Å². The van der Waals surface area contributed by atoms with Gasteiger partial charge in [-0.15, -0.1) is 0 Å². The molecule has 0 fully saturated rings. The average molecular weight is 319 g/mol. The van der Waals surface area contributed by atoms with E-state index in [0.717, 1.165) is 4.47 Å². The number of hydrogen-bond acceptors (Lipinski definition) is 2. The third kappa shape index (κ3) is 3.20. The molecule has 2 amide bonds. The van der Waals surface area contributed by atoms with Gasteiger partial charge in [0.15, 0.2) is 0 Å². The van der Waals surface area contributed by atoms with E-state index >= 15 is 0 Å². The van der Waals surface area contributed by atoms with E-state index in [4.69, 9.17) is 5.73 Å². The molecule has 2 aromatic rings. The number of benzene rings is 2. The lowest BCUT2D eigenvalue weighted by atomic mass is 10.1. The van der Waals surface area contributed by atoms with Crippen LogP contribution in [0.2, 0.25) is 0 Å². The van der Waals surface area contributed by atoms with Gasteiger partial charge in [-0.2, -0.15) is 0 Å². The van der Waals surface area contributed by atoms with Crippen LogP contribution < -0.4 is 11.1 Å². The summed E-state index contributed by atoms with van der Waals surface area (Å²) in [5, 5.41) is 2.67. The second-order valence-electron chi connectivity index (χ2n) is 3.87. The van der Waals surface area contributed by atoms with Crippen LogP contribution in [0, 0.1) is 0 Å². The van der Waals surface area contributed by atoms with Crippen LogP contribution in [0.3, 0.4) is 0 Å². The Morgan fingerprint density at radius 1 is 1.00 bits per heavy atom. The summed E-state index contributed by atoms with van der Waals surface area (Å²) >= 11 is 3.30. The van der Waals surface area contributed by atoms with Crippen molar-refractivity contribution in [2.75, 3.05) is 5.32 Å². The highest BCUT2D eigenvalue weighted by Crippen LogP contribution is 2.16. The number of carbonyl (C=O) groups is 2. The number of nitrogens with two attached hydrogens (primary N) is 1. The number of para-hydroxylation sites is 1. The Kier molecular flexibility index (Phi) is 3.97. The summed E-state index contributed by atoms with van der Waals surface area (Å²) in [6.45, 7) is 0. The minimum absolute atomic E-state index is 0.285. The van der Waals surface area contributed by atoms with E-state index in [2.05, 4.69) is 21.2 Å². The first-order chi connectivity index (χ1) is 9.08. The summed E-state index contributed by atoms with van der Waals surface area (Å²) in [4.78, 5) is 23.3. The van der Waals surface area contributed by atoms with Crippen molar-refractivity contribution in [2.24, 2.45) is 5.73 Å². The third-order valence-electron chi connectivity index (χ3n) is 2.55. The fraction of sp³-hybridized carbons (Fsp3) is 0. The number of anilines is 1. The molecule has 0 saturated carbocycles. The highest BCUT2D eigenvalue weighted by molar-refractivity contribution is 9.10. The number of rotatable bonds is 3. The second kappa shape index (κ2) is 5.67. The van der Waals surface area contributed by atoms with Crippen molar-refractivity contribution in [2.45, 2.75) is 0 Å². The molecular formula is C14H11BrN2O2. The number of primary amides is 1. The predicted molar refractivity (Wildman–Crippen MR) is 77.1 cm³/mol. The summed E-state index contributed by atoms with van der Waals surface area (Å²) in [7, 11) is 0. The molecule has 0 heterocycles. The summed E-state index contributed by atoms with van der Waals surface area (Å²) < 4.78 is 0.890. The van der Waals surface area contributed by atoms with Gasteiger partial charge in [-0.05, 0) is 36.4 Å². The van der Waals surface area contributed by atoms with E-state index < -0.39 is 5.91 Å². The van der Waals surface area contributed by atoms with Gasteiger partial charge in [0.1, 0.15) is 0 Å². The molecule has 0 saturated heterocycles. The molecule has 96 valence electrons. The number of halogens is 1. The normalized spacial score (nSPS) is 9.95. The van der Waals surface area contributed by atoms with Crippen molar-refractivity contribution in [1.82, 2.24) is 0 Å². The van der Waals surface area contributed by atoms with Gasteiger partial charge >= 0.3 is 0 Å². The fourth-order valence-corrected chi connectivity index (χ4v) is 1.87. The lowest BCUT2D eigenvalue weighted by Gasteiger charge is -2.08. The van der Waals surface area contributed by atoms with E-state index in [1.54, 1.807) is 48.5 Å². The molecule has 0 unspecified atom stereocenters. The van der Waals surface area contributed by atoms with Gasteiger partial charge < -0.3 is 11.1 Å². The Hall–Kier alpha value is -2.14. The Labute approximate surface area is 118 Å². The smallest absolute Gasteiger partial charge is 0.255 e. The lowest BCUT2D eigenvalue weighted by Crippen LogP contribution is -2.18. The van der Waals surface area contributed by atoms with Crippen LogP contribution in [0.5, 0.6) is 0 Å². The van der Waals surface area contributed by atoms with Crippen LogP contribution in [-0.2, 0) is 0 Å². The van der Waals surface area contributed by atoms with Crippen molar-refractivity contribution in [3.63, 3.8) is 0 Å². The topological polar surface area (TPSA) is 72.2 Å². The molecule has 0 aliphatic carbocycles. The van der Waals surface area contributed by atoms with Gasteiger partial charge in [0.25, 0.3) is 11.8 Å². The standard InChI is InChI=1S/C14H11BrN2O2/c15-10-7-5-9(6-8-10)14(19)17-12-4-2-1-3-11(12)13(16)18/h1-8H,(H2,16,18)(H,17,19). The largest absolute Gasteiger partial charge is 0.366 e. The first-order valence-electron chi connectivity index (χ1n) is 5.53. The highest BCUT2D eigenvalue weighted by Gasteiger charge is 2.11. The van der Waals surface area contributed by atoms with Gasteiger partial charge in [-0.3, -0.25) is 9.59 Å². The number of carbonyl (C=O) groups excluding carboxylic acids is 2. The maximum absolute atomic E-state index is 12.0. The first-order valence-corrected chi connectivity index (χ1v) is 6.33. The molecule has 0 radical (unpaired) electrons. The van der Waals surface area contributed by atoms with Crippen LogP contribution >= 0.6 is 15.9 Å². The van der Waals surface area contributed by atoms with Gasteiger partial charge in [0.05, 0.1) is 11.3 Å². The van der Waals surface area contributed by atoms with Crippen molar-refractivity contribution in [3.8, 4) is 0 Å². The summed E-state index contributed by atoms with van der Waals surface area (Å²) in [5.74, 6) is -0.868. The molecule has 0 spiro atoms. The van der Waals surface area contributed by atoms with Crippen molar-refractivity contribution < 1.29 is 9.59 Å². The van der Waals surface area contributed by atoms with Crippen molar-refractivity contribution >= 4 is 33.4 Å². The van der Waals surface area contributed by atoms with Crippen molar-refractivity contribution in [3.05, 3.63) is 64.1 Å². The Morgan fingerprint density at radius 2 is 1.63 bits per heavy atom. The van der Waals surface area contributed by atoms with Crippen molar-refractivity contribution in [1.29, 1.82) is 0 Å². The highest BCUT2D eigenvalue weighted by atomic mass is 79.9. The average Bonchev–Trinajstić information content (AvgIpc) is 2.39. The fourth-order valence-electron chi connectivity index (χ4n) is 1.60. The molecule has 2 aromatic carbocycles. The molecule has 0 atom stereocenters. The third-order valence-corrected chi connectivity index (χ3v) is 3.08. The van der Waals surface area contributed by atoms with Gasteiger partial charge in [0, 0.05) is 10.0 Å². The molecule has 0 bridgehead atoms. The minimum Gasteiger partial charge on any atom is -0.366 e. The van der Waals surface area contributed by atoms with E-state index in [-0.39, 0.29) is 11.5 Å². The van der Waals surface area contributed by atoms with Crippen LogP contribution in [0.4, 0.5) is 5.69 Å². The van der Waals surface area contributed by atoms with E-state index in [9.17, 15) is 9.59 Å². The minimum atomic E-state index is -0.577. The van der Waals surface area contributed by atoms with Crippen LogP contribution in [0.15, 0.2) is 53.0 Å². The molecule has 3 N–H and O–H groups in total. The molecule has 0 aliphatic heterocycles. The quantitative estimate of drug-likeness (QED) is 0.913. The molecule has 0 aliphatic rings. The molecule has 5 heteroatoms. The monoisotopic (exact) mass is 318 g/mol. The molecule has 2 rings (SSSR count). The Balaban J connectivity index is 2.24. The number of amides is 2. The molecular weight excluding hydrogens is 308 g/mol. The Morgan fingerprint density at radius 3 is 2.26 bits per heavy atom. The number of hydrogen-bond donors (Lipinski definition) is 2. The molecule has 19 heavy (non-hydrogen) atoms. The maximum atomic E-state index is 12.0. The zero-order valence-electron chi connectivity index (χ0n) is 9.89. The van der Waals surface area contributed by atoms with E-state index in [1.807, 2.05) is 0 Å². The summed E-state index contributed by atoms with van der Waals surface area (Å²) in [5.41, 5.74) is 6.45. The summed E-state index contributed by atoms with van der Waals surface area (Å²) in [6, 6.07) is 13.5. The zero-order valence-corrected chi connectivity index (χ0v) is 11.5. The van der Waals surface area contributed by atoms with Gasteiger partial charge in [0.2, 0.25) is 0 Å². The van der Waals surface area contributed by atoms with E-state index in [0.29, 0.717) is 11.3 Å². The first kappa shape index (κ1) is 13.3. The van der Waals surface area contributed by atoms with Crippen LogP contribution in [0.1, 0.15) is 20.7 Å². The summed E-state index contributed by atoms with van der Waals surface area (Å²) in [6.07, 6.45) is 0. The maximum Gasteiger partial charge on any atom is 0.255 e. The zero-order chi connectivity index (χ0) is 13.8. The van der Waals surface area contributed by atoms with Crippen LogP contribution in [-0.4, -0.2) is 11.8 Å². The second-order valence-corrected chi connectivity index (χ2v) is 4.79. The Bertz CT molecular complexity index is 624. The lowest BCUT2D eigenvalue weighted by molar-refractivity contribution is 0.100. The number of nitrogens with one attached hydrogen (secondary N) is 1.